The van der Waals surface area contributed by atoms with Gasteiger partial charge < -0.3 is 10.6 Å². The van der Waals surface area contributed by atoms with Crippen molar-refractivity contribution in [1.29, 1.82) is 0 Å². The third-order valence-electron chi connectivity index (χ3n) is 5.06. The first-order valence-electron chi connectivity index (χ1n) is 8.00. The van der Waals surface area contributed by atoms with Crippen molar-refractivity contribution < 1.29 is 4.79 Å². The van der Waals surface area contributed by atoms with E-state index in [2.05, 4.69) is 18.7 Å². The van der Waals surface area contributed by atoms with Gasteiger partial charge in [-0.3, -0.25) is 4.79 Å². The van der Waals surface area contributed by atoms with Crippen LogP contribution in [0.4, 0.5) is 0 Å². The highest BCUT2D eigenvalue weighted by Crippen LogP contribution is 2.31. The Labute approximate surface area is 117 Å². The van der Waals surface area contributed by atoms with Crippen molar-refractivity contribution in [2.45, 2.75) is 71.3 Å². The number of carbonyl (C=O) groups excluding carboxylic acids is 1. The molecule has 0 bridgehead atoms. The predicted octanol–water partition coefficient (Wildman–Crippen LogP) is 2.93. The molecule has 3 nitrogen and oxygen atoms in total. The highest BCUT2D eigenvalue weighted by Gasteiger charge is 2.28. The molecule has 0 aromatic heterocycles. The molecule has 2 unspecified atom stereocenters. The summed E-state index contributed by atoms with van der Waals surface area (Å²) in [6.07, 6.45) is 8.89. The van der Waals surface area contributed by atoms with Crippen LogP contribution in [-0.2, 0) is 4.79 Å². The van der Waals surface area contributed by atoms with Crippen LogP contribution >= 0.6 is 0 Å². The third-order valence-corrected chi connectivity index (χ3v) is 5.06. The molecule has 1 aliphatic carbocycles. The zero-order valence-electron chi connectivity index (χ0n) is 12.7. The number of nitrogens with zero attached hydrogens (tertiary/aromatic N) is 1. The molecular formula is C16H30N2O. The fourth-order valence-corrected chi connectivity index (χ4v) is 3.44. The van der Waals surface area contributed by atoms with Crippen LogP contribution in [-0.4, -0.2) is 29.9 Å². The van der Waals surface area contributed by atoms with E-state index in [1.807, 2.05) is 0 Å². The lowest BCUT2D eigenvalue weighted by Crippen LogP contribution is -2.41. The van der Waals surface area contributed by atoms with Gasteiger partial charge in [0.25, 0.3) is 0 Å². The molecule has 1 saturated heterocycles. The standard InChI is InChI=1S/C16H30N2O/c1-16(2)8-10-18(11-9-16)15(19)7-6-13-4-3-5-14(17)12-13/h13-14H,3-12,17H2,1-2H3. The highest BCUT2D eigenvalue weighted by atomic mass is 16.2. The van der Waals surface area contributed by atoms with Crippen LogP contribution in [0.3, 0.4) is 0 Å². The molecule has 2 aliphatic rings. The van der Waals surface area contributed by atoms with Gasteiger partial charge in [-0.1, -0.05) is 26.7 Å². The quantitative estimate of drug-likeness (QED) is 0.853. The maximum Gasteiger partial charge on any atom is 0.222 e. The molecule has 110 valence electrons. The van der Waals surface area contributed by atoms with Crippen LogP contribution < -0.4 is 5.73 Å². The summed E-state index contributed by atoms with van der Waals surface area (Å²) in [4.78, 5) is 14.3. The molecule has 2 atom stereocenters. The molecule has 2 rings (SSSR count). The minimum absolute atomic E-state index is 0.370. The smallest absolute Gasteiger partial charge is 0.222 e. The van der Waals surface area contributed by atoms with E-state index in [1.165, 1.54) is 19.3 Å². The van der Waals surface area contributed by atoms with Crippen molar-refractivity contribution in [2.24, 2.45) is 17.1 Å². The van der Waals surface area contributed by atoms with E-state index < -0.39 is 0 Å². The molecule has 1 heterocycles. The molecule has 0 aromatic rings. The number of nitrogens with two attached hydrogens (primary N) is 1. The second kappa shape index (κ2) is 6.25. The van der Waals surface area contributed by atoms with Crippen LogP contribution in [0.25, 0.3) is 0 Å². The van der Waals surface area contributed by atoms with E-state index in [0.29, 0.717) is 23.3 Å². The highest BCUT2D eigenvalue weighted by molar-refractivity contribution is 5.76. The number of piperidine rings is 1. The van der Waals surface area contributed by atoms with E-state index >= 15 is 0 Å². The monoisotopic (exact) mass is 266 g/mol. The average molecular weight is 266 g/mol. The van der Waals surface area contributed by atoms with Crippen molar-refractivity contribution in [3.63, 3.8) is 0 Å². The van der Waals surface area contributed by atoms with Crippen LogP contribution in [0.1, 0.15) is 65.2 Å². The van der Waals surface area contributed by atoms with Crippen molar-refractivity contribution >= 4 is 5.91 Å². The molecule has 3 heteroatoms. The Morgan fingerprint density at radius 3 is 2.58 bits per heavy atom. The first-order valence-corrected chi connectivity index (χ1v) is 8.00. The summed E-state index contributed by atoms with van der Waals surface area (Å²) in [7, 11) is 0. The summed E-state index contributed by atoms with van der Waals surface area (Å²) in [5.41, 5.74) is 6.43. The predicted molar refractivity (Wildman–Crippen MR) is 78.8 cm³/mol. The van der Waals surface area contributed by atoms with Crippen LogP contribution in [0, 0.1) is 11.3 Å². The Kier molecular flexibility index (Phi) is 4.88. The van der Waals surface area contributed by atoms with Gasteiger partial charge in [-0.25, -0.2) is 0 Å². The SMILES string of the molecule is CC1(C)CCN(C(=O)CCC2CCCC(N)C2)CC1. The van der Waals surface area contributed by atoms with E-state index in [0.717, 1.165) is 45.2 Å². The molecule has 0 spiro atoms. The molecule has 19 heavy (non-hydrogen) atoms. The lowest BCUT2D eigenvalue weighted by molar-refractivity contribution is -0.133. The second-order valence-corrected chi connectivity index (χ2v) is 7.38. The Balaban J connectivity index is 1.70. The fourth-order valence-electron chi connectivity index (χ4n) is 3.44. The molecule has 2 N–H and O–H groups in total. The molecule has 2 fully saturated rings. The third kappa shape index (κ3) is 4.48. The number of hydrogen-bond donors (Lipinski definition) is 1. The number of carbonyl (C=O) groups is 1. The topological polar surface area (TPSA) is 46.3 Å². The number of likely N-dealkylation sites (tertiary alicyclic amines) is 1. The van der Waals surface area contributed by atoms with Gasteiger partial charge in [0.1, 0.15) is 0 Å². The summed E-state index contributed by atoms with van der Waals surface area (Å²) in [6, 6.07) is 0.379. The summed E-state index contributed by atoms with van der Waals surface area (Å²) >= 11 is 0. The summed E-state index contributed by atoms with van der Waals surface area (Å²) < 4.78 is 0. The minimum atomic E-state index is 0.370. The average Bonchev–Trinajstić information content (AvgIpc) is 2.36. The van der Waals surface area contributed by atoms with Gasteiger partial charge in [-0.05, 0) is 43.4 Å². The van der Waals surface area contributed by atoms with Gasteiger partial charge in [0, 0.05) is 25.6 Å². The second-order valence-electron chi connectivity index (χ2n) is 7.38. The maximum absolute atomic E-state index is 12.2. The van der Waals surface area contributed by atoms with Crippen LogP contribution in [0.2, 0.25) is 0 Å². The number of amides is 1. The van der Waals surface area contributed by atoms with Gasteiger partial charge in [0.05, 0.1) is 0 Å². The van der Waals surface area contributed by atoms with Crippen LogP contribution in [0.5, 0.6) is 0 Å². The van der Waals surface area contributed by atoms with E-state index in [9.17, 15) is 4.79 Å². The summed E-state index contributed by atoms with van der Waals surface area (Å²) in [5.74, 6) is 1.06. The molecule has 1 amide bonds. The molecule has 1 saturated carbocycles. The molecular weight excluding hydrogens is 236 g/mol. The molecule has 1 aliphatic heterocycles. The van der Waals surface area contributed by atoms with Gasteiger partial charge in [-0.15, -0.1) is 0 Å². The lowest BCUT2D eigenvalue weighted by Gasteiger charge is -2.37. The van der Waals surface area contributed by atoms with Crippen molar-refractivity contribution in [3.8, 4) is 0 Å². The first-order chi connectivity index (χ1) is 8.96. The first kappa shape index (κ1) is 14.8. The lowest BCUT2D eigenvalue weighted by atomic mass is 9.82. The zero-order chi connectivity index (χ0) is 13.9. The Hall–Kier alpha value is -0.570. The van der Waals surface area contributed by atoms with E-state index in [4.69, 9.17) is 5.73 Å². The van der Waals surface area contributed by atoms with Gasteiger partial charge in [0.2, 0.25) is 5.91 Å². The number of rotatable bonds is 3. The van der Waals surface area contributed by atoms with Gasteiger partial charge >= 0.3 is 0 Å². The largest absolute Gasteiger partial charge is 0.343 e. The molecule has 0 radical (unpaired) electrons. The normalized spacial score (nSPS) is 31.2. The molecule has 0 aromatic carbocycles. The maximum atomic E-state index is 12.2. The van der Waals surface area contributed by atoms with Crippen LogP contribution in [0.15, 0.2) is 0 Å². The fraction of sp³-hybridized carbons (Fsp3) is 0.938. The van der Waals surface area contributed by atoms with E-state index in [-0.39, 0.29) is 0 Å². The van der Waals surface area contributed by atoms with Crippen molar-refractivity contribution in [2.75, 3.05) is 13.1 Å². The van der Waals surface area contributed by atoms with Crippen molar-refractivity contribution in [3.05, 3.63) is 0 Å². The summed E-state index contributed by atoms with van der Waals surface area (Å²) in [6.45, 7) is 6.52. The van der Waals surface area contributed by atoms with Gasteiger partial charge in [0.15, 0.2) is 0 Å². The zero-order valence-corrected chi connectivity index (χ0v) is 12.7. The number of hydrogen-bond acceptors (Lipinski definition) is 2. The minimum Gasteiger partial charge on any atom is -0.343 e. The Bertz CT molecular complexity index is 304. The Morgan fingerprint density at radius 1 is 1.26 bits per heavy atom. The summed E-state index contributed by atoms with van der Waals surface area (Å²) in [5, 5.41) is 0. The van der Waals surface area contributed by atoms with E-state index in [1.54, 1.807) is 0 Å². The van der Waals surface area contributed by atoms with Gasteiger partial charge in [-0.2, -0.15) is 0 Å². The Morgan fingerprint density at radius 2 is 1.95 bits per heavy atom. The van der Waals surface area contributed by atoms with Crippen molar-refractivity contribution in [1.82, 2.24) is 4.90 Å².